The van der Waals surface area contributed by atoms with Crippen LogP contribution in [0.3, 0.4) is 0 Å². The van der Waals surface area contributed by atoms with Crippen molar-refractivity contribution in [1.29, 1.82) is 0 Å². The lowest BCUT2D eigenvalue weighted by Crippen LogP contribution is -2.05. The van der Waals surface area contributed by atoms with Crippen LogP contribution in [0.25, 0.3) is 0 Å². The van der Waals surface area contributed by atoms with E-state index >= 15 is 0 Å². The molecule has 0 aromatic heterocycles. The van der Waals surface area contributed by atoms with Gasteiger partial charge in [-0.1, -0.05) is 77.9 Å². The van der Waals surface area contributed by atoms with E-state index in [0.717, 1.165) is 11.1 Å². The molecule has 2 N–H and O–H groups in total. The van der Waals surface area contributed by atoms with E-state index in [-0.39, 0.29) is 0 Å². The maximum absolute atomic E-state index is 5.65. The minimum Gasteiger partial charge on any atom is -0.399 e. The number of nitrogens with two attached hydrogens (primary N) is 1. The summed E-state index contributed by atoms with van der Waals surface area (Å²) in [6.45, 7) is 45.2. The van der Waals surface area contributed by atoms with Gasteiger partial charge in [-0.2, -0.15) is 0 Å². The molecule has 0 aromatic rings. The van der Waals surface area contributed by atoms with Crippen LogP contribution in [0.15, 0.2) is 134 Å². The van der Waals surface area contributed by atoms with Gasteiger partial charge < -0.3 is 5.73 Å². The van der Waals surface area contributed by atoms with Crippen molar-refractivity contribution < 1.29 is 0 Å². The SMILES string of the molecule is C=C(C)C(=C)C(=C)C(=C)C(=C)C(=C)C(=C)C(=C)C(=C)C(=C)C(=C)N. The normalized spacial score (nSPS) is 9.38. The lowest BCUT2D eigenvalue weighted by atomic mass is 9.84. The zero-order valence-electron chi connectivity index (χ0n) is 14.9. The van der Waals surface area contributed by atoms with Gasteiger partial charge in [-0.3, -0.25) is 0 Å². The summed E-state index contributed by atoms with van der Waals surface area (Å²) < 4.78 is 0. The van der Waals surface area contributed by atoms with Gasteiger partial charge in [-0.15, -0.1) is 0 Å². The van der Waals surface area contributed by atoms with Gasteiger partial charge in [0.2, 0.25) is 0 Å². The van der Waals surface area contributed by atoms with Crippen molar-refractivity contribution in [3.63, 3.8) is 0 Å². The molecule has 0 saturated carbocycles. The molecule has 0 fully saturated rings. The van der Waals surface area contributed by atoms with Crippen LogP contribution < -0.4 is 5.73 Å². The highest BCUT2D eigenvalue weighted by Crippen LogP contribution is 2.34. The third-order valence-corrected chi connectivity index (χ3v) is 3.82. The molecule has 1 heteroatoms. The number of hydrogen-bond acceptors (Lipinski definition) is 1. The summed E-state index contributed by atoms with van der Waals surface area (Å²) in [5, 5.41) is 0. The molecule has 0 unspecified atom stereocenters. The first-order chi connectivity index (χ1) is 10.8. The molecule has 24 heavy (non-hydrogen) atoms. The molecule has 0 amide bonds. The van der Waals surface area contributed by atoms with Crippen molar-refractivity contribution in [1.82, 2.24) is 0 Å². The van der Waals surface area contributed by atoms with E-state index in [9.17, 15) is 0 Å². The van der Waals surface area contributed by atoms with Crippen LogP contribution in [0, 0.1) is 0 Å². The molecule has 0 aliphatic carbocycles. The van der Waals surface area contributed by atoms with Gasteiger partial charge in [0.25, 0.3) is 0 Å². The smallest absolute Gasteiger partial charge is 0.0314 e. The van der Waals surface area contributed by atoms with Gasteiger partial charge in [0.1, 0.15) is 0 Å². The highest BCUT2D eigenvalue weighted by molar-refractivity contribution is 5.70. The van der Waals surface area contributed by atoms with Crippen LogP contribution in [-0.4, -0.2) is 0 Å². The monoisotopic (exact) mass is 317 g/mol. The Morgan fingerprint density at radius 1 is 0.417 bits per heavy atom. The quantitative estimate of drug-likeness (QED) is 0.488. The van der Waals surface area contributed by atoms with Crippen molar-refractivity contribution in [2.24, 2.45) is 5.73 Å². The van der Waals surface area contributed by atoms with E-state index in [1.807, 2.05) is 6.92 Å². The summed E-state index contributed by atoms with van der Waals surface area (Å²) >= 11 is 0. The zero-order chi connectivity index (χ0) is 19.4. The lowest BCUT2D eigenvalue weighted by molar-refractivity contribution is 1.29. The maximum Gasteiger partial charge on any atom is 0.0314 e. The second kappa shape index (κ2) is 7.98. The third kappa shape index (κ3) is 4.47. The Morgan fingerprint density at radius 2 is 0.625 bits per heavy atom. The van der Waals surface area contributed by atoms with Crippen LogP contribution in [0.1, 0.15) is 6.92 Å². The minimum atomic E-state index is 0.328. The average molecular weight is 317 g/mol. The first kappa shape index (κ1) is 20.9. The second-order valence-electron chi connectivity index (χ2n) is 5.61. The molecule has 124 valence electrons. The molecular weight excluding hydrogens is 290 g/mol. The maximum atomic E-state index is 5.65. The predicted molar refractivity (Wildman–Crippen MR) is 110 cm³/mol. The molecule has 1 nitrogen and oxygen atoms in total. The van der Waals surface area contributed by atoms with Crippen molar-refractivity contribution in [2.45, 2.75) is 6.92 Å². The standard InChI is InChI=1S/C23H27N/c1-13(2)14(3)15(4)16(5)17(6)18(7)19(8)20(9)21(10)22(11)23(12)24/h1,3-12,24H2,2H3. The van der Waals surface area contributed by atoms with E-state index in [4.69, 9.17) is 5.73 Å². The molecule has 0 heterocycles. The first-order valence-corrected chi connectivity index (χ1v) is 7.18. The highest BCUT2D eigenvalue weighted by Gasteiger charge is 2.16. The summed E-state index contributed by atoms with van der Waals surface area (Å²) in [4.78, 5) is 0. The molecule has 0 atom stereocenters. The largest absolute Gasteiger partial charge is 0.399 e. The van der Waals surface area contributed by atoms with Gasteiger partial charge in [0.15, 0.2) is 0 Å². The summed E-state index contributed by atoms with van der Waals surface area (Å²) in [6, 6.07) is 0. The lowest BCUT2D eigenvalue weighted by Gasteiger charge is -2.20. The Hall–Kier alpha value is -3.06. The third-order valence-electron chi connectivity index (χ3n) is 3.82. The Bertz CT molecular complexity index is 696. The van der Waals surface area contributed by atoms with E-state index in [1.54, 1.807) is 0 Å². The van der Waals surface area contributed by atoms with Crippen molar-refractivity contribution >= 4 is 0 Å². The van der Waals surface area contributed by atoms with Gasteiger partial charge in [0, 0.05) is 5.70 Å². The molecule has 0 radical (unpaired) electrons. The molecule has 0 spiro atoms. The van der Waals surface area contributed by atoms with Crippen molar-refractivity contribution in [3.05, 3.63) is 134 Å². The van der Waals surface area contributed by atoms with E-state index in [1.165, 1.54) is 0 Å². The Labute approximate surface area is 147 Å². The van der Waals surface area contributed by atoms with E-state index in [0.29, 0.717) is 50.3 Å². The average Bonchev–Trinajstić information content (AvgIpc) is 2.55. The van der Waals surface area contributed by atoms with Gasteiger partial charge in [-0.05, 0) is 57.1 Å². The molecule has 0 aromatic carbocycles. The Morgan fingerprint density at radius 3 is 0.833 bits per heavy atom. The van der Waals surface area contributed by atoms with Crippen molar-refractivity contribution in [3.8, 4) is 0 Å². The van der Waals surface area contributed by atoms with Crippen LogP contribution in [-0.2, 0) is 0 Å². The summed E-state index contributed by atoms with van der Waals surface area (Å²) in [5.41, 5.74) is 12.2. The fourth-order valence-corrected chi connectivity index (χ4v) is 1.73. The van der Waals surface area contributed by atoms with Gasteiger partial charge in [0.05, 0.1) is 0 Å². The topological polar surface area (TPSA) is 26.0 Å². The summed E-state index contributed by atoms with van der Waals surface area (Å²) in [5.74, 6) is 0. The molecule has 0 aliphatic heterocycles. The molecule has 0 aliphatic rings. The fourth-order valence-electron chi connectivity index (χ4n) is 1.73. The number of hydrogen-bond donors (Lipinski definition) is 1. The Kier molecular flexibility index (Phi) is 6.96. The highest BCUT2D eigenvalue weighted by atomic mass is 14.6. The second-order valence-corrected chi connectivity index (χ2v) is 5.61. The van der Waals surface area contributed by atoms with Crippen LogP contribution in [0.2, 0.25) is 0 Å². The number of allylic oxidation sites excluding steroid dienone is 9. The Balaban J connectivity index is 5.35. The van der Waals surface area contributed by atoms with Crippen LogP contribution in [0.5, 0.6) is 0 Å². The van der Waals surface area contributed by atoms with Gasteiger partial charge in [-0.25, -0.2) is 0 Å². The first-order valence-electron chi connectivity index (χ1n) is 7.18. The zero-order valence-corrected chi connectivity index (χ0v) is 14.9. The molecular formula is C23H27N. The predicted octanol–water partition coefficient (Wildman–Crippen LogP) is 6.04. The van der Waals surface area contributed by atoms with Crippen LogP contribution >= 0.6 is 0 Å². The summed E-state index contributed by atoms with van der Waals surface area (Å²) in [6.07, 6.45) is 0. The van der Waals surface area contributed by atoms with E-state index in [2.05, 4.69) is 72.4 Å². The molecule has 0 saturated heterocycles. The minimum absolute atomic E-state index is 0.328. The number of rotatable bonds is 10. The van der Waals surface area contributed by atoms with Gasteiger partial charge >= 0.3 is 0 Å². The van der Waals surface area contributed by atoms with E-state index < -0.39 is 0 Å². The molecule has 0 rings (SSSR count). The van der Waals surface area contributed by atoms with Crippen molar-refractivity contribution in [2.75, 3.05) is 0 Å². The summed E-state index contributed by atoms with van der Waals surface area (Å²) in [7, 11) is 0. The fraction of sp³-hybridized carbons (Fsp3) is 0.0435. The van der Waals surface area contributed by atoms with Crippen LogP contribution in [0.4, 0.5) is 0 Å². The molecule has 0 bridgehead atoms.